The van der Waals surface area contributed by atoms with Gasteiger partial charge in [0, 0.05) is 16.6 Å². The lowest BCUT2D eigenvalue weighted by Crippen LogP contribution is -2.40. The van der Waals surface area contributed by atoms with Crippen molar-refractivity contribution in [2.75, 3.05) is 25.1 Å². The van der Waals surface area contributed by atoms with Crippen molar-refractivity contribution in [1.82, 2.24) is 5.32 Å². The first-order valence-corrected chi connectivity index (χ1v) is 12.0. The van der Waals surface area contributed by atoms with Crippen molar-refractivity contribution in [3.63, 3.8) is 0 Å². The molecule has 3 aromatic rings. The highest BCUT2D eigenvalue weighted by Crippen LogP contribution is 2.30. The number of carbonyl (C=O) groups excluding carboxylic acids is 1. The molecule has 0 aromatic heterocycles. The first-order valence-electron chi connectivity index (χ1n) is 9.76. The summed E-state index contributed by atoms with van der Waals surface area (Å²) in [5.74, 6) is 0.567. The molecular weight excluding hydrogens is 487 g/mol. The SMILES string of the molecule is COc1ccc(CNC(=O)CN(c2cc(Cl)cc(Cl)c2)S(=O)(=O)c2ccccc2)cc1OC. The molecule has 0 unspecified atom stereocenters. The van der Waals surface area contributed by atoms with Gasteiger partial charge in [0.1, 0.15) is 6.54 Å². The van der Waals surface area contributed by atoms with E-state index in [9.17, 15) is 13.2 Å². The number of hydrogen-bond donors (Lipinski definition) is 1. The fourth-order valence-electron chi connectivity index (χ4n) is 3.10. The van der Waals surface area contributed by atoms with Gasteiger partial charge in [-0.05, 0) is 48.0 Å². The number of amides is 1. The second-order valence-corrected chi connectivity index (χ2v) is 9.65. The van der Waals surface area contributed by atoms with Gasteiger partial charge < -0.3 is 14.8 Å². The first kappa shape index (κ1) is 24.7. The minimum Gasteiger partial charge on any atom is -0.493 e. The summed E-state index contributed by atoms with van der Waals surface area (Å²) in [4.78, 5) is 12.8. The lowest BCUT2D eigenvalue weighted by molar-refractivity contribution is -0.119. The van der Waals surface area contributed by atoms with Gasteiger partial charge in [-0.3, -0.25) is 9.10 Å². The Morgan fingerprint density at radius 2 is 1.55 bits per heavy atom. The molecule has 0 aliphatic carbocycles. The highest BCUT2D eigenvalue weighted by molar-refractivity contribution is 7.92. The monoisotopic (exact) mass is 508 g/mol. The van der Waals surface area contributed by atoms with E-state index < -0.39 is 22.5 Å². The fraction of sp³-hybridized carbons (Fsp3) is 0.174. The number of sulfonamides is 1. The Kier molecular flexibility index (Phi) is 8.07. The predicted molar refractivity (Wildman–Crippen MR) is 129 cm³/mol. The summed E-state index contributed by atoms with van der Waals surface area (Å²) < 4.78 is 38.2. The Bertz CT molecular complexity index is 1220. The van der Waals surface area contributed by atoms with Crippen LogP contribution in [0.25, 0.3) is 0 Å². The molecule has 0 radical (unpaired) electrons. The van der Waals surface area contributed by atoms with E-state index in [0.29, 0.717) is 11.5 Å². The van der Waals surface area contributed by atoms with Crippen LogP contribution in [-0.4, -0.2) is 35.1 Å². The maximum Gasteiger partial charge on any atom is 0.264 e. The zero-order chi connectivity index (χ0) is 24.0. The maximum atomic E-state index is 13.3. The molecule has 0 saturated carbocycles. The van der Waals surface area contributed by atoms with Gasteiger partial charge in [-0.2, -0.15) is 0 Å². The highest BCUT2D eigenvalue weighted by atomic mass is 35.5. The van der Waals surface area contributed by atoms with Crippen molar-refractivity contribution >= 4 is 44.8 Å². The van der Waals surface area contributed by atoms with Crippen LogP contribution in [-0.2, 0) is 21.4 Å². The molecule has 0 atom stereocenters. The van der Waals surface area contributed by atoms with Crippen LogP contribution in [0.2, 0.25) is 10.0 Å². The molecule has 3 aromatic carbocycles. The predicted octanol–water partition coefficient (Wildman–Crippen LogP) is 4.52. The Morgan fingerprint density at radius 1 is 0.909 bits per heavy atom. The molecule has 1 N–H and O–H groups in total. The maximum absolute atomic E-state index is 13.3. The lowest BCUT2D eigenvalue weighted by atomic mass is 10.2. The number of hydrogen-bond acceptors (Lipinski definition) is 5. The normalized spacial score (nSPS) is 11.0. The number of ether oxygens (including phenoxy) is 2. The van der Waals surface area contributed by atoms with E-state index in [4.69, 9.17) is 32.7 Å². The van der Waals surface area contributed by atoms with E-state index in [0.717, 1.165) is 9.87 Å². The van der Waals surface area contributed by atoms with Gasteiger partial charge >= 0.3 is 0 Å². The van der Waals surface area contributed by atoms with Crippen LogP contribution in [0.3, 0.4) is 0 Å². The third-order valence-electron chi connectivity index (χ3n) is 4.69. The van der Waals surface area contributed by atoms with E-state index in [1.165, 1.54) is 44.6 Å². The number of benzene rings is 3. The molecule has 1 amide bonds. The summed E-state index contributed by atoms with van der Waals surface area (Å²) >= 11 is 12.2. The summed E-state index contributed by atoms with van der Waals surface area (Å²) in [5.41, 5.74) is 0.932. The zero-order valence-corrected chi connectivity index (χ0v) is 20.2. The molecule has 0 fully saturated rings. The summed E-state index contributed by atoms with van der Waals surface area (Å²) in [6.07, 6.45) is 0. The first-order chi connectivity index (χ1) is 15.7. The number of rotatable bonds is 9. The van der Waals surface area contributed by atoms with Crippen molar-refractivity contribution in [3.05, 3.63) is 82.3 Å². The number of halogens is 2. The molecule has 33 heavy (non-hydrogen) atoms. The Morgan fingerprint density at radius 3 is 2.15 bits per heavy atom. The zero-order valence-electron chi connectivity index (χ0n) is 17.9. The average Bonchev–Trinajstić information content (AvgIpc) is 2.80. The van der Waals surface area contributed by atoms with E-state index in [2.05, 4.69) is 5.32 Å². The smallest absolute Gasteiger partial charge is 0.264 e. The number of nitrogens with zero attached hydrogens (tertiary/aromatic N) is 1. The summed E-state index contributed by atoms with van der Waals surface area (Å²) in [7, 11) is -1.02. The van der Waals surface area contributed by atoms with Crippen molar-refractivity contribution < 1.29 is 22.7 Å². The molecule has 0 heterocycles. The van der Waals surface area contributed by atoms with Crippen molar-refractivity contribution in [3.8, 4) is 11.5 Å². The molecule has 0 aliphatic rings. The van der Waals surface area contributed by atoms with Gasteiger partial charge in [0.25, 0.3) is 10.0 Å². The summed E-state index contributed by atoms with van der Waals surface area (Å²) in [6, 6.07) is 17.4. The van der Waals surface area contributed by atoms with Crippen LogP contribution in [0, 0.1) is 0 Å². The fourth-order valence-corrected chi connectivity index (χ4v) is 5.04. The number of methoxy groups -OCH3 is 2. The van der Waals surface area contributed by atoms with Crippen molar-refractivity contribution in [2.45, 2.75) is 11.4 Å². The Hall–Kier alpha value is -2.94. The minimum atomic E-state index is -4.07. The average molecular weight is 509 g/mol. The second kappa shape index (κ2) is 10.8. The van der Waals surface area contributed by atoms with Crippen LogP contribution < -0.4 is 19.1 Å². The van der Waals surface area contributed by atoms with E-state index in [1.807, 2.05) is 0 Å². The standard InChI is InChI=1S/C23H22Cl2N2O5S/c1-31-21-9-8-16(10-22(21)32-2)14-26-23(28)15-27(19-12-17(24)11-18(25)13-19)33(29,30)20-6-4-3-5-7-20/h3-13H,14-15H2,1-2H3,(H,26,28). The molecule has 7 nitrogen and oxygen atoms in total. The van der Waals surface area contributed by atoms with Crippen LogP contribution in [0.4, 0.5) is 5.69 Å². The molecule has 0 saturated heterocycles. The van der Waals surface area contributed by atoms with E-state index >= 15 is 0 Å². The quantitative estimate of drug-likeness (QED) is 0.459. The minimum absolute atomic E-state index is 0.0359. The number of carbonyl (C=O) groups is 1. The molecule has 174 valence electrons. The Labute approximate surface area is 202 Å². The number of nitrogens with one attached hydrogen (secondary N) is 1. The molecule has 10 heteroatoms. The van der Waals surface area contributed by atoms with Crippen molar-refractivity contribution in [1.29, 1.82) is 0 Å². The van der Waals surface area contributed by atoms with Gasteiger partial charge in [-0.1, -0.05) is 47.5 Å². The van der Waals surface area contributed by atoms with Crippen molar-refractivity contribution in [2.24, 2.45) is 0 Å². The van der Waals surface area contributed by atoms with Gasteiger partial charge in [-0.25, -0.2) is 8.42 Å². The molecular formula is C23H22Cl2N2O5S. The van der Waals surface area contributed by atoms with Crippen LogP contribution >= 0.6 is 23.2 Å². The summed E-state index contributed by atoms with van der Waals surface area (Å²) in [6.45, 7) is -0.310. The Balaban J connectivity index is 1.85. The van der Waals surface area contributed by atoms with Crippen LogP contribution in [0.1, 0.15) is 5.56 Å². The van der Waals surface area contributed by atoms with E-state index in [-0.39, 0.29) is 27.2 Å². The molecule has 0 bridgehead atoms. The largest absolute Gasteiger partial charge is 0.493 e. The second-order valence-electron chi connectivity index (χ2n) is 6.92. The van der Waals surface area contributed by atoms with Gasteiger partial charge in [0.05, 0.1) is 24.8 Å². The molecule has 3 rings (SSSR count). The van der Waals surface area contributed by atoms with Gasteiger partial charge in [0.2, 0.25) is 5.91 Å². The molecule has 0 aliphatic heterocycles. The highest BCUT2D eigenvalue weighted by Gasteiger charge is 2.27. The van der Waals surface area contributed by atoms with E-state index in [1.54, 1.807) is 36.4 Å². The topological polar surface area (TPSA) is 84.9 Å². The summed E-state index contributed by atoms with van der Waals surface area (Å²) in [5, 5.41) is 3.23. The van der Waals surface area contributed by atoms with Gasteiger partial charge in [-0.15, -0.1) is 0 Å². The molecule has 0 spiro atoms. The lowest BCUT2D eigenvalue weighted by Gasteiger charge is -2.24. The van der Waals surface area contributed by atoms with Gasteiger partial charge in [0.15, 0.2) is 11.5 Å². The van der Waals surface area contributed by atoms with Crippen LogP contribution in [0.5, 0.6) is 11.5 Å². The van der Waals surface area contributed by atoms with Crippen LogP contribution in [0.15, 0.2) is 71.6 Å². The third kappa shape index (κ3) is 6.10. The number of anilines is 1. The third-order valence-corrected chi connectivity index (χ3v) is 6.92.